The first kappa shape index (κ1) is 17.1. The van der Waals surface area contributed by atoms with Gasteiger partial charge in [-0.2, -0.15) is 0 Å². The Balaban J connectivity index is 1.54. The molecule has 1 N–H and O–H groups in total. The number of nitrogens with one attached hydrogen (secondary N) is 1. The Morgan fingerprint density at radius 3 is 2.48 bits per heavy atom. The topological polar surface area (TPSA) is 71.8 Å². The maximum absolute atomic E-state index is 12.2. The summed E-state index contributed by atoms with van der Waals surface area (Å²) in [6.45, 7) is 3.68. The van der Waals surface area contributed by atoms with Gasteiger partial charge in [-0.15, -0.1) is 0 Å². The number of rotatable bonds is 5. The molecule has 1 aliphatic heterocycles. The van der Waals surface area contributed by atoms with Gasteiger partial charge in [0.05, 0.1) is 6.26 Å². The third kappa shape index (κ3) is 4.41. The smallest absolute Gasteiger partial charge is 0.374 e. The lowest BCUT2D eigenvalue weighted by molar-refractivity contribution is -0.123. The van der Waals surface area contributed by atoms with Gasteiger partial charge in [0.15, 0.2) is 6.10 Å². The highest BCUT2D eigenvalue weighted by molar-refractivity contribution is 5.96. The summed E-state index contributed by atoms with van der Waals surface area (Å²) in [5.74, 6) is -0.968. The Morgan fingerprint density at radius 1 is 1.12 bits per heavy atom. The van der Waals surface area contributed by atoms with E-state index in [1.165, 1.54) is 38.5 Å². The number of anilines is 2. The van der Waals surface area contributed by atoms with Gasteiger partial charge in [-0.3, -0.25) is 4.79 Å². The molecule has 2 aromatic rings. The van der Waals surface area contributed by atoms with Gasteiger partial charge >= 0.3 is 5.97 Å². The van der Waals surface area contributed by atoms with Crippen molar-refractivity contribution in [1.82, 2.24) is 0 Å². The van der Waals surface area contributed by atoms with Crippen molar-refractivity contribution in [3.05, 3.63) is 48.4 Å². The molecule has 0 unspecified atom stereocenters. The standard InChI is InChI=1S/C19H22N2O4/c1-14(25-19(23)17-6-5-13-24-17)18(22)20-15-7-9-16(10-8-15)21-11-3-2-4-12-21/h5-10,13-14H,2-4,11-12H2,1H3,(H,20,22)/t14-/m1/s1. The third-order valence-corrected chi connectivity index (χ3v) is 4.23. The van der Waals surface area contributed by atoms with Gasteiger partial charge < -0.3 is 19.4 Å². The number of hydrogen-bond donors (Lipinski definition) is 1. The number of benzene rings is 1. The Morgan fingerprint density at radius 2 is 1.84 bits per heavy atom. The number of amides is 1. The minimum Gasteiger partial charge on any atom is -0.457 e. The van der Waals surface area contributed by atoms with Crippen LogP contribution in [0.2, 0.25) is 0 Å². The maximum Gasteiger partial charge on any atom is 0.374 e. The van der Waals surface area contributed by atoms with Crippen LogP contribution in [-0.2, 0) is 9.53 Å². The number of hydrogen-bond acceptors (Lipinski definition) is 5. The van der Waals surface area contributed by atoms with Gasteiger partial charge in [-0.05, 0) is 62.6 Å². The van der Waals surface area contributed by atoms with Crippen LogP contribution in [0.3, 0.4) is 0 Å². The van der Waals surface area contributed by atoms with E-state index in [1.54, 1.807) is 6.07 Å². The molecule has 6 heteroatoms. The van der Waals surface area contributed by atoms with Crippen LogP contribution in [0.15, 0.2) is 47.1 Å². The van der Waals surface area contributed by atoms with Gasteiger partial charge in [0.25, 0.3) is 5.91 Å². The normalized spacial score (nSPS) is 15.5. The van der Waals surface area contributed by atoms with Crippen LogP contribution >= 0.6 is 0 Å². The van der Waals surface area contributed by atoms with E-state index in [0.29, 0.717) is 5.69 Å². The lowest BCUT2D eigenvalue weighted by Crippen LogP contribution is -2.30. The molecular weight excluding hydrogens is 320 g/mol. The lowest BCUT2D eigenvalue weighted by atomic mass is 10.1. The van der Waals surface area contributed by atoms with Gasteiger partial charge in [0, 0.05) is 24.5 Å². The Kier molecular flexibility index (Phi) is 5.38. The zero-order valence-corrected chi connectivity index (χ0v) is 14.2. The maximum atomic E-state index is 12.2. The summed E-state index contributed by atoms with van der Waals surface area (Å²) in [5.41, 5.74) is 1.83. The first-order chi connectivity index (χ1) is 12.1. The average molecular weight is 342 g/mol. The average Bonchev–Trinajstić information content (AvgIpc) is 3.18. The van der Waals surface area contributed by atoms with Crippen molar-refractivity contribution in [2.45, 2.75) is 32.3 Å². The van der Waals surface area contributed by atoms with Gasteiger partial charge in [0.1, 0.15) is 0 Å². The molecule has 1 saturated heterocycles. The number of carbonyl (C=O) groups is 2. The molecule has 25 heavy (non-hydrogen) atoms. The minimum atomic E-state index is -0.917. The third-order valence-electron chi connectivity index (χ3n) is 4.23. The van der Waals surface area contributed by atoms with Crippen molar-refractivity contribution in [3.8, 4) is 0 Å². The Labute approximate surface area is 146 Å². The summed E-state index contributed by atoms with van der Waals surface area (Å²) in [7, 11) is 0. The van der Waals surface area contributed by atoms with Gasteiger partial charge in [-0.25, -0.2) is 4.79 Å². The second kappa shape index (κ2) is 7.88. The Bertz CT molecular complexity index is 704. The van der Waals surface area contributed by atoms with Crippen molar-refractivity contribution in [3.63, 3.8) is 0 Å². The van der Waals surface area contributed by atoms with Crippen LogP contribution in [-0.4, -0.2) is 31.1 Å². The highest BCUT2D eigenvalue weighted by Crippen LogP contribution is 2.22. The molecule has 2 heterocycles. The molecule has 0 radical (unpaired) electrons. The van der Waals surface area contributed by atoms with Crippen LogP contribution in [0.5, 0.6) is 0 Å². The fraction of sp³-hybridized carbons (Fsp3) is 0.368. The second-order valence-electron chi connectivity index (χ2n) is 6.11. The zero-order valence-electron chi connectivity index (χ0n) is 14.2. The van der Waals surface area contributed by atoms with Crippen molar-refractivity contribution in [2.24, 2.45) is 0 Å². The second-order valence-corrected chi connectivity index (χ2v) is 6.11. The Hall–Kier alpha value is -2.76. The molecule has 1 fully saturated rings. The monoisotopic (exact) mass is 342 g/mol. The molecule has 0 aliphatic carbocycles. The number of carbonyl (C=O) groups excluding carboxylic acids is 2. The SMILES string of the molecule is C[C@@H](OC(=O)c1ccco1)C(=O)Nc1ccc(N2CCCCC2)cc1. The predicted molar refractivity (Wildman–Crippen MR) is 94.7 cm³/mol. The molecular formula is C19H22N2O4. The highest BCUT2D eigenvalue weighted by Gasteiger charge is 2.20. The van der Waals surface area contributed by atoms with Gasteiger partial charge in [0.2, 0.25) is 5.76 Å². The van der Waals surface area contributed by atoms with Crippen LogP contribution < -0.4 is 10.2 Å². The molecule has 1 aromatic heterocycles. The minimum absolute atomic E-state index is 0.0746. The van der Waals surface area contributed by atoms with E-state index in [2.05, 4.69) is 10.2 Å². The summed E-state index contributed by atoms with van der Waals surface area (Å²) in [4.78, 5) is 26.3. The number of piperidine rings is 1. The molecule has 1 aromatic carbocycles. The molecule has 6 nitrogen and oxygen atoms in total. The summed E-state index contributed by atoms with van der Waals surface area (Å²) in [6.07, 6.45) is 4.19. The molecule has 0 spiro atoms. The van der Waals surface area contributed by atoms with E-state index in [1.807, 2.05) is 24.3 Å². The molecule has 3 rings (SSSR count). The van der Waals surface area contributed by atoms with E-state index >= 15 is 0 Å². The van der Waals surface area contributed by atoms with Crippen molar-refractivity contribution >= 4 is 23.3 Å². The quantitative estimate of drug-likeness (QED) is 0.843. The van der Waals surface area contributed by atoms with Crippen molar-refractivity contribution < 1.29 is 18.7 Å². The molecule has 1 amide bonds. The first-order valence-electron chi connectivity index (χ1n) is 8.54. The van der Waals surface area contributed by atoms with E-state index in [4.69, 9.17) is 9.15 Å². The molecule has 1 aliphatic rings. The lowest BCUT2D eigenvalue weighted by Gasteiger charge is -2.28. The molecule has 132 valence electrons. The fourth-order valence-electron chi connectivity index (χ4n) is 2.82. The number of nitrogens with zero attached hydrogens (tertiary/aromatic N) is 1. The molecule has 0 saturated carbocycles. The summed E-state index contributed by atoms with van der Waals surface area (Å²) in [6, 6.07) is 10.8. The predicted octanol–water partition coefficient (Wildman–Crippen LogP) is 3.45. The van der Waals surface area contributed by atoms with Crippen LogP contribution in [0, 0.1) is 0 Å². The number of esters is 1. The molecule has 1 atom stereocenters. The van der Waals surface area contributed by atoms with E-state index < -0.39 is 12.1 Å². The number of furan rings is 1. The number of ether oxygens (including phenoxy) is 1. The van der Waals surface area contributed by atoms with Crippen molar-refractivity contribution in [2.75, 3.05) is 23.3 Å². The van der Waals surface area contributed by atoms with Crippen LogP contribution in [0.4, 0.5) is 11.4 Å². The fourth-order valence-corrected chi connectivity index (χ4v) is 2.82. The summed E-state index contributed by atoms with van der Waals surface area (Å²) in [5, 5.41) is 2.76. The zero-order chi connectivity index (χ0) is 17.6. The summed E-state index contributed by atoms with van der Waals surface area (Å²) < 4.78 is 10.0. The van der Waals surface area contributed by atoms with Crippen molar-refractivity contribution in [1.29, 1.82) is 0 Å². The summed E-state index contributed by atoms with van der Waals surface area (Å²) >= 11 is 0. The van der Waals surface area contributed by atoms with Crippen LogP contribution in [0.25, 0.3) is 0 Å². The largest absolute Gasteiger partial charge is 0.457 e. The first-order valence-corrected chi connectivity index (χ1v) is 8.54. The van der Waals surface area contributed by atoms with E-state index in [-0.39, 0.29) is 11.7 Å². The molecule has 0 bridgehead atoms. The van der Waals surface area contributed by atoms with E-state index in [9.17, 15) is 9.59 Å². The highest BCUT2D eigenvalue weighted by atomic mass is 16.6. The van der Waals surface area contributed by atoms with E-state index in [0.717, 1.165) is 18.8 Å². The van der Waals surface area contributed by atoms with Crippen LogP contribution in [0.1, 0.15) is 36.7 Å². The van der Waals surface area contributed by atoms with Gasteiger partial charge in [-0.1, -0.05) is 0 Å².